The second kappa shape index (κ2) is 6.37. The van der Waals surface area contributed by atoms with Crippen LogP contribution >= 0.6 is 0 Å². The molecule has 1 amide bonds. The van der Waals surface area contributed by atoms with Gasteiger partial charge in [-0.25, -0.2) is 4.79 Å². The highest BCUT2D eigenvalue weighted by Gasteiger charge is 2.35. The molecule has 1 aliphatic rings. The van der Waals surface area contributed by atoms with Gasteiger partial charge in [-0.05, 0) is 52.7 Å². The molecule has 1 fully saturated rings. The number of anilines is 1. The predicted octanol–water partition coefficient (Wildman–Crippen LogP) is 3.89. The van der Waals surface area contributed by atoms with Gasteiger partial charge < -0.3 is 15.0 Å². The first-order valence-electron chi connectivity index (χ1n) is 7.68. The third kappa shape index (κ3) is 4.38. The van der Waals surface area contributed by atoms with Gasteiger partial charge >= 0.3 is 6.09 Å². The average Bonchev–Trinajstić information content (AvgIpc) is 2.87. The molecule has 2 rings (SSSR count). The summed E-state index contributed by atoms with van der Waals surface area (Å²) in [7, 11) is 0. The number of carbonyl (C=O) groups excluding carboxylic acids is 1. The molecule has 0 radical (unpaired) electrons. The molecule has 0 aromatic heterocycles. The van der Waals surface area contributed by atoms with Gasteiger partial charge in [0.2, 0.25) is 0 Å². The molecule has 1 N–H and O–H groups in total. The molecule has 0 unspecified atom stereocenters. The molecule has 116 valence electrons. The van der Waals surface area contributed by atoms with Crippen LogP contribution in [0.5, 0.6) is 0 Å². The van der Waals surface area contributed by atoms with Gasteiger partial charge in [0, 0.05) is 18.3 Å². The molecule has 21 heavy (non-hydrogen) atoms. The Morgan fingerprint density at radius 3 is 2.62 bits per heavy atom. The first-order valence-corrected chi connectivity index (χ1v) is 7.68. The number of para-hydroxylation sites is 1. The van der Waals surface area contributed by atoms with Gasteiger partial charge in [0.1, 0.15) is 5.60 Å². The molecule has 1 aromatic rings. The van der Waals surface area contributed by atoms with Crippen molar-refractivity contribution in [3.63, 3.8) is 0 Å². The molecule has 1 aliphatic heterocycles. The normalized spacial score (nSPS) is 20.2. The second-order valence-electron chi connectivity index (χ2n) is 6.68. The average molecular weight is 290 g/mol. The number of hydrogen-bond acceptors (Lipinski definition) is 3. The Bertz CT molecular complexity index is 467. The van der Waals surface area contributed by atoms with Gasteiger partial charge in [-0.3, -0.25) is 0 Å². The minimum atomic E-state index is -0.444. The molecule has 0 spiro atoms. The standard InChI is InChI=1S/C17H26N2O2/c1-13(18-14-9-6-5-7-10-14)15-11-8-12-19(15)16(20)21-17(2,3)4/h5-7,9-10,13,15,18H,8,11-12H2,1-4H3/t13-,15+/m0/s1. The van der Waals surface area contributed by atoms with Gasteiger partial charge in [-0.15, -0.1) is 0 Å². The Labute approximate surface area is 127 Å². The van der Waals surface area contributed by atoms with E-state index in [0.717, 1.165) is 25.1 Å². The minimum absolute atomic E-state index is 0.181. The zero-order valence-electron chi connectivity index (χ0n) is 13.4. The van der Waals surface area contributed by atoms with E-state index >= 15 is 0 Å². The molecular weight excluding hydrogens is 264 g/mol. The highest BCUT2D eigenvalue weighted by molar-refractivity contribution is 5.69. The number of rotatable bonds is 3. The summed E-state index contributed by atoms with van der Waals surface area (Å²) in [6, 6.07) is 10.5. The summed E-state index contributed by atoms with van der Waals surface area (Å²) < 4.78 is 5.51. The van der Waals surface area contributed by atoms with E-state index in [1.807, 2.05) is 56.0 Å². The molecule has 0 bridgehead atoms. The Morgan fingerprint density at radius 2 is 2.00 bits per heavy atom. The third-order valence-corrected chi connectivity index (χ3v) is 3.67. The molecular formula is C17H26N2O2. The highest BCUT2D eigenvalue weighted by atomic mass is 16.6. The molecule has 1 heterocycles. The van der Waals surface area contributed by atoms with Crippen molar-refractivity contribution in [1.29, 1.82) is 0 Å². The molecule has 2 atom stereocenters. The Balaban J connectivity index is 1.99. The largest absolute Gasteiger partial charge is 0.444 e. The molecule has 4 heteroatoms. The van der Waals surface area contributed by atoms with Crippen LogP contribution in [-0.2, 0) is 4.74 Å². The quantitative estimate of drug-likeness (QED) is 0.918. The van der Waals surface area contributed by atoms with Crippen molar-refractivity contribution in [2.75, 3.05) is 11.9 Å². The van der Waals surface area contributed by atoms with E-state index < -0.39 is 5.60 Å². The second-order valence-corrected chi connectivity index (χ2v) is 6.68. The number of benzene rings is 1. The number of nitrogens with one attached hydrogen (secondary N) is 1. The van der Waals surface area contributed by atoms with Crippen LogP contribution < -0.4 is 5.32 Å². The Kier molecular flexibility index (Phi) is 4.76. The zero-order valence-corrected chi connectivity index (χ0v) is 13.4. The van der Waals surface area contributed by atoms with E-state index in [-0.39, 0.29) is 18.2 Å². The van der Waals surface area contributed by atoms with E-state index in [0.29, 0.717) is 0 Å². The fourth-order valence-corrected chi connectivity index (χ4v) is 2.75. The van der Waals surface area contributed by atoms with Crippen molar-refractivity contribution in [3.05, 3.63) is 30.3 Å². The van der Waals surface area contributed by atoms with Crippen molar-refractivity contribution in [2.45, 2.75) is 58.2 Å². The summed E-state index contributed by atoms with van der Waals surface area (Å²) in [5.74, 6) is 0. The van der Waals surface area contributed by atoms with E-state index in [1.165, 1.54) is 0 Å². The number of likely N-dealkylation sites (tertiary alicyclic amines) is 1. The lowest BCUT2D eigenvalue weighted by Crippen LogP contribution is -2.46. The van der Waals surface area contributed by atoms with Crippen LogP contribution in [0, 0.1) is 0 Å². The van der Waals surface area contributed by atoms with Crippen molar-refractivity contribution >= 4 is 11.8 Å². The zero-order chi connectivity index (χ0) is 15.5. The lowest BCUT2D eigenvalue weighted by molar-refractivity contribution is 0.0216. The van der Waals surface area contributed by atoms with Crippen LogP contribution in [-0.4, -0.2) is 35.2 Å². The number of hydrogen-bond donors (Lipinski definition) is 1. The van der Waals surface area contributed by atoms with Gasteiger partial charge in [-0.2, -0.15) is 0 Å². The van der Waals surface area contributed by atoms with Crippen molar-refractivity contribution in [1.82, 2.24) is 4.90 Å². The number of ether oxygens (including phenoxy) is 1. The van der Waals surface area contributed by atoms with Crippen LogP contribution in [0.3, 0.4) is 0 Å². The SMILES string of the molecule is C[C@H](Nc1ccccc1)[C@H]1CCCN1C(=O)OC(C)(C)C. The molecule has 0 aliphatic carbocycles. The van der Waals surface area contributed by atoms with E-state index in [1.54, 1.807) is 0 Å². The monoisotopic (exact) mass is 290 g/mol. The van der Waals surface area contributed by atoms with Gasteiger partial charge in [-0.1, -0.05) is 18.2 Å². The summed E-state index contributed by atoms with van der Waals surface area (Å²) in [6.45, 7) is 8.62. The van der Waals surface area contributed by atoms with E-state index in [2.05, 4.69) is 12.2 Å². The van der Waals surface area contributed by atoms with Crippen molar-refractivity contribution < 1.29 is 9.53 Å². The molecule has 4 nitrogen and oxygen atoms in total. The summed E-state index contributed by atoms with van der Waals surface area (Å²) >= 11 is 0. The molecule has 0 saturated carbocycles. The van der Waals surface area contributed by atoms with E-state index in [9.17, 15) is 4.79 Å². The summed E-state index contributed by atoms with van der Waals surface area (Å²) in [4.78, 5) is 14.2. The van der Waals surface area contributed by atoms with Crippen LogP contribution in [0.2, 0.25) is 0 Å². The highest BCUT2D eigenvalue weighted by Crippen LogP contribution is 2.24. The first kappa shape index (κ1) is 15.7. The number of carbonyl (C=O) groups is 1. The van der Waals surface area contributed by atoms with Crippen LogP contribution in [0.15, 0.2) is 30.3 Å². The van der Waals surface area contributed by atoms with Crippen LogP contribution in [0.1, 0.15) is 40.5 Å². The predicted molar refractivity (Wildman–Crippen MR) is 85.5 cm³/mol. The van der Waals surface area contributed by atoms with Crippen molar-refractivity contribution in [3.8, 4) is 0 Å². The van der Waals surface area contributed by atoms with Crippen LogP contribution in [0.4, 0.5) is 10.5 Å². The maximum atomic E-state index is 12.3. The van der Waals surface area contributed by atoms with Gasteiger partial charge in [0.15, 0.2) is 0 Å². The maximum Gasteiger partial charge on any atom is 0.410 e. The fourth-order valence-electron chi connectivity index (χ4n) is 2.75. The van der Waals surface area contributed by atoms with Gasteiger partial charge in [0.25, 0.3) is 0 Å². The topological polar surface area (TPSA) is 41.6 Å². The Morgan fingerprint density at radius 1 is 1.33 bits per heavy atom. The minimum Gasteiger partial charge on any atom is -0.444 e. The van der Waals surface area contributed by atoms with Gasteiger partial charge in [0.05, 0.1) is 6.04 Å². The summed E-state index contributed by atoms with van der Waals surface area (Å²) in [6.07, 6.45) is 1.84. The summed E-state index contributed by atoms with van der Waals surface area (Å²) in [5, 5.41) is 3.48. The summed E-state index contributed by atoms with van der Waals surface area (Å²) in [5.41, 5.74) is 0.640. The number of amides is 1. The van der Waals surface area contributed by atoms with Crippen molar-refractivity contribution in [2.24, 2.45) is 0 Å². The molecule has 1 aromatic carbocycles. The molecule has 1 saturated heterocycles. The van der Waals surface area contributed by atoms with E-state index in [4.69, 9.17) is 4.74 Å². The smallest absolute Gasteiger partial charge is 0.410 e. The third-order valence-electron chi connectivity index (χ3n) is 3.67. The Hall–Kier alpha value is -1.71. The first-order chi connectivity index (χ1) is 9.87. The van der Waals surface area contributed by atoms with Crippen LogP contribution in [0.25, 0.3) is 0 Å². The fraction of sp³-hybridized carbons (Fsp3) is 0.588. The number of nitrogens with zero attached hydrogens (tertiary/aromatic N) is 1. The lowest BCUT2D eigenvalue weighted by Gasteiger charge is -2.32. The maximum absolute atomic E-state index is 12.3. The lowest BCUT2D eigenvalue weighted by atomic mass is 10.1.